The first-order valence-electron chi connectivity index (χ1n) is 7.88. The summed E-state index contributed by atoms with van der Waals surface area (Å²) in [6.07, 6.45) is 4.97. The van der Waals surface area contributed by atoms with Crippen LogP contribution in [0.5, 0.6) is 0 Å². The van der Waals surface area contributed by atoms with Gasteiger partial charge in [0.25, 0.3) is 5.69 Å². The van der Waals surface area contributed by atoms with Gasteiger partial charge in [0.05, 0.1) is 4.92 Å². The van der Waals surface area contributed by atoms with Crippen molar-refractivity contribution < 1.29 is 4.92 Å². The van der Waals surface area contributed by atoms with E-state index in [0.717, 1.165) is 36.8 Å². The van der Waals surface area contributed by atoms with Crippen molar-refractivity contribution in [3.05, 3.63) is 33.9 Å². The summed E-state index contributed by atoms with van der Waals surface area (Å²) in [5.74, 6) is 0.767. The second kappa shape index (κ2) is 6.02. The number of nitrogens with one attached hydrogen (secondary N) is 1. The molecule has 2 saturated heterocycles. The molecule has 2 fully saturated rings. The van der Waals surface area contributed by atoms with Gasteiger partial charge in [0, 0.05) is 37.0 Å². The van der Waals surface area contributed by atoms with Crippen molar-refractivity contribution in [2.24, 2.45) is 5.92 Å². The molecular formula is C16H23N3O2. The Labute approximate surface area is 125 Å². The van der Waals surface area contributed by atoms with Crippen molar-refractivity contribution in [1.29, 1.82) is 0 Å². The minimum atomic E-state index is -0.300. The van der Waals surface area contributed by atoms with Crippen LogP contribution in [-0.4, -0.2) is 30.6 Å². The van der Waals surface area contributed by atoms with Gasteiger partial charge in [0.1, 0.15) is 0 Å². The maximum absolute atomic E-state index is 11.0. The highest BCUT2D eigenvalue weighted by molar-refractivity contribution is 5.56. The fourth-order valence-corrected chi connectivity index (χ4v) is 3.70. The molecule has 0 aliphatic carbocycles. The van der Waals surface area contributed by atoms with Gasteiger partial charge in [-0.25, -0.2) is 0 Å². The SMILES string of the molecule is Cc1cc(N2CCC(C3CCCN3)CC2)cc([N+](=O)[O-])c1. The number of nitrogens with zero attached hydrogens (tertiary/aromatic N) is 2. The first kappa shape index (κ1) is 14.3. The van der Waals surface area contributed by atoms with Crippen LogP contribution in [0.4, 0.5) is 11.4 Å². The van der Waals surface area contributed by atoms with E-state index in [0.29, 0.717) is 6.04 Å². The molecule has 0 bridgehead atoms. The third-order valence-electron chi connectivity index (χ3n) is 4.83. The Morgan fingerprint density at radius 3 is 2.62 bits per heavy atom. The average Bonchev–Trinajstić information content (AvgIpc) is 3.01. The largest absolute Gasteiger partial charge is 0.371 e. The van der Waals surface area contributed by atoms with Crippen LogP contribution in [0.3, 0.4) is 0 Å². The summed E-state index contributed by atoms with van der Waals surface area (Å²) in [4.78, 5) is 13.0. The fourth-order valence-electron chi connectivity index (χ4n) is 3.70. The number of aryl methyl sites for hydroxylation is 1. The summed E-state index contributed by atoms with van der Waals surface area (Å²) in [6.45, 7) is 5.09. The average molecular weight is 289 g/mol. The Morgan fingerprint density at radius 2 is 2.00 bits per heavy atom. The highest BCUT2D eigenvalue weighted by Crippen LogP contribution is 2.30. The normalized spacial score (nSPS) is 23.5. The third kappa shape index (κ3) is 3.18. The number of benzene rings is 1. The molecule has 1 aromatic rings. The van der Waals surface area contributed by atoms with Gasteiger partial charge in [0.15, 0.2) is 0 Å². The zero-order chi connectivity index (χ0) is 14.8. The van der Waals surface area contributed by atoms with Crippen molar-refractivity contribution in [2.75, 3.05) is 24.5 Å². The minimum Gasteiger partial charge on any atom is -0.371 e. The highest BCUT2D eigenvalue weighted by atomic mass is 16.6. The Kier molecular flexibility index (Phi) is 4.10. The van der Waals surface area contributed by atoms with Gasteiger partial charge >= 0.3 is 0 Å². The molecule has 2 aliphatic heterocycles. The van der Waals surface area contributed by atoms with Gasteiger partial charge in [-0.3, -0.25) is 10.1 Å². The second-order valence-electron chi connectivity index (χ2n) is 6.31. The Balaban J connectivity index is 1.67. The number of rotatable bonds is 3. The summed E-state index contributed by atoms with van der Waals surface area (Å²) in [7, 11) is 0. The second-order valence-corrected chi connectivity index (χ2v) is 6.31. The van der Waals surface area contributed by atoms with Crippen molar-refractivity contribution in [3.8, 4) is 0 Å². The summed E-state index contributed by atoms with van der Waals surface area (Å²) in [6, 6.07) is 6.10. The molecule has 1 atom stereocenters. The lowest BCUT2D eigenvalue weighted by molar-refractivity contribution is -0.384. The topological polar surface area (TPSA) is 58.4 Å². The Hall–Kier alpha value is -1.62. The summed E-state index contributed by atoms with van der Waals surface area (Å²) < 4.78 is 0. The number of hydrogen-bond acceptors (Lipinski definition) is 4. The predicted octanol–water partition coefficient (Wildman–Crippen LogP) is 2.87. The predicted molar refractivity (Wildman–Crippen MR) is 83.8 cm³/mol. The zero-order valence-corrected chi connectivity index (χ0v) is 12.5. The molecule has 1 unspecified atom stereocenters. The number of piperidine rings is 1. The number of non-ortho nitro benzene ring substituents is 1. The van der Waals surface area contributed by atoms with Gasteiger partial charge in [-0.1, -0.05) is 0 Å². The molecular weight excluding hydrogens is 266 g/mol. The molecule has 0 amide bonds. The number of anilines is 1. The maximum Gasteiger partial charge on any atom is 0.271 e. The summed E-state index contributed by atoms with van der Waals surface area (Å²) in [5.41, 5.74) is 2.16. The van der Waals surface area contributed by atoms with E-state index < -0.39 is 0 Å². The van der Waals surface area contributed by atoms with Crippen molar-refractivity contribution in [3.63, 3.8) is 0 Å². The standard InChI is InChI=1S/C16H23N3O2/c1-12-9-14(11-15(10-12)19(20)21)18-7-4-13(5-8-18)16-3-2-6-17-16/h9-11,13,16-17H,2-8H2,1H3. The maximum atomic E-state index is 11.0. The molecule has 0 aromatic heterocycles. The molecule has 5 nitrogen and oxygen atoms in total. The van der Waals surface area contributed by atoms with Crippen LogP contribution in [0.1, 0.15) is 31.2 Å². The van der Waals surface area contributed by atoms with E-state index in [1.807, 2.05) is 6.92 Å². The van der Waals surface area contributed by atoms with Crippen LogP contribution in [0.15, 0.2) is 18.2 Å². The number of nitro groups is 1. The first-order chi connectivity index (χ1) is 10.1. The van der Waals surface area contributed by atoms with E-state index >= 15 is 0 Å². The van der Waals surface area contributed by atoms with Crippen molar-refractivity contribution >= 4 is 11.4 Å². The lowest BCUT2D eigenvalue weighted by atomic mass is 9.88. The molecule has 0 radical (unpaired) electrons. The molecule has 1 N–H and O–H groups in total. The van der Waals surface area contributed by atoms with E-state index in [2.05, 4.69) is 16.3 Å². The van der Waals surface area contributed by atoms with Crippen molar-refractivity contribution in [2.45, 2.75) is 38.6 Å². The lowest BCUT2D eigenvalue weighted by Gasteiger charge is -2.36. The quantitative estimate of drug-likeness (QED) is 0.686. The molecule has 0 spiro atoms. The van der Waals surface area contributed by atoms with E-state index in [1.54, 1.807) is 12.1 Å². The van der Waals surface area contributed by atoms with Gasteiger partial charge < -0.3 is 10.2 Å². The molecule has 2 heterocycles. The molecule has 1 aromatic carbocycles. The lowest BCUT2D eigenvalue weighted by Crippen LogP contribution is -2.40. The fraction of sp³-hybridized carbons (Fsp3) is 0.625. The van der Waals surface area contributed by atoms with Crippen LogP contribution in [0.25, 0.3) is 0 Å². The number of hydrogen-bond donors (Lipinski definition) is 1. The molecule has 114 valence electrons. The van der Waals surface area contributed by atoms with Crippen LogP contribution in [0.2, 0.25) is 0 Å². The van der Waals surface area contributed by atoms with Gasteiger partial charge in [-0.05, 0) is 56.7 Å². The van der Waals surface area contributed by atoms with E-state index in [9.17, 15) is 10.1 Å². The van der Waals surface area contributed by atoms with Gasteiger partial charge in [-0.15, -0.1) is 0 Å². The van der Waals surface area contributed by atoms with Crippen LogP contribution >= 0.6 is 0 Å². The molecule has 0 saturated carbocycles. The molecule has 5 heteroatoms. The highest BCUT2D eigenvalue weighted by Gasteiger charge is 2.28. The third-order valence-corrected chi connectivity index (χ3v) is 4.83. The number of nitro benzene ring substituents is 1. The van der Waals surface area contributed by atoms with Crippen LogP contribution < -0.4 is 10.2 Å². The Morgan fingerprint density at radius 1 is 1.24 bits per heavy atom. The summed E-state index contributed by atoms with van der Waals surface area (Å²) in [5, 5.41) is 14.6. The van der Waals surface area contributed by atoms with Crippen molar-refractivity contribution in [1.82, 2.24) is 5.32 Å². The zero-order valence-electron chi connectivity index (χ0n) is 12.5. The van der Waals surface area contributed by atoms with E-state index in [4.69, 9.17) is 0 Å². The molecule has 2 aliphatic rings. The van der Waals surface area contributed by atoms with Crippen LogP contribution in [0, 0.1) is 23.0 Å². The summed E-state index contributed by atoms with van der Waals surface area (Å²) >= 11 is 0. The minimum absolute atomic E-state index is 0.199. The molecule has 3 rings (SSSR count). The van der Waals surface area contributed by atoms with Gasteiger partial charge in [0.2, 0.25) is 0 Å². The smallest absolute Gasteiger partial charge is 0.271 e. The van der Waals surface area contributed by atoms with E-state index in [-0.39, 0.29) is 10.6 Å². The Bertz CT molecular complexity index is 518. The molecule has 21 heavy (non-hydrogen) atoms. The monoisotopic (exact) mass is 289 g/mol. The van der Waals surface area contributed by atoms with Crippen LogP contribution in [-0.2, 0) is 0 Å². The van der Waals surface area contributed by atoms with E-state index in [1.165, 1.54) is 25.7 Å². The first-order valence-corrected chi connectivity index (χ1v) is 7.88. The van der Waals surface area contributed by atoms with Gasteiger partial charge in [-0.2, -0.15) is 0 Å².